The molecule has 0 amide bonds. The van der Waals surface area contributed by atoms with E-state index >= 15 is 0 Å². The zero-order valence-corrected chi connectivity index (χ0v) is 18.5. The van der Waals surface area contributed by atoms with E-state index < -0.39 is 14.8 Å². The van der Waals surface area contributed by atoms with E-state index in [1.54, 1.807) is 32.1 Å². The Labute approximate surface area is 193 Å². The van der Waals surface area contributed by atoms with Crippen LogP contribution in [0.4, 0.5) is 5.95 Å². The zero-order chi connectivity index (χ0) is 24.8. The molecule has 0 bridgehead atoms. The molecule has 16 heteroatoms. The van der Waals surface area contributed by atoms with Gasteiger partial charge in [0.15, 0.2) is 14.1 Å². The lowest BCUT2D eigenvalue weighted by Crippen LogP contribution is -1.92. The number of hydrogen-bond donors (Lipinski definition) is 0. The highest BCUT2D eigenvalue weighted by Gasteiger charge is 2.09. The van der Waals surface area contributed by atoms with E-state index in [1.807, 2.05) is 49.5 Å². The highest BCUT2D eigenvalue weighted by atomic mass is 16.6. The molecule has 0 unspecified atom stereocenters. The van der Waals surface area contributed by atoms with E-state index in [2.05, 4.69) is 20.1 Å². The zero-order valence-electron chi connectivity index (χ0n) is 18.5. The quantitative estimate of drug-likeness (QED) is 0.372. The van der Waals surface area contributed by atoms with E-state index in [-0.39, 0.29) is 20.8 Å². The minimum absolute atomic E-state index is 0. The average Bonchev–Trinajstić information content (AvgIpc) is 3.41. The Kier molecular flexibility index (Phi) is 30.7. The molecule has 190 valence electrons. The molecular formula is C17H36N10O6. The first-order valence-corrected chi connectivity index (χ1v) is 8.45. The molecule has 33 heavy (non-hydrogen) atoms. The topological polar surface area (TPSA) is 196 Å². The smallest absolute Gasteiger partial charge is 0.390 e. The molecule has 0 spiro atoms. The molecule has 3 aromatic heterocycles. The summed E-state index contributed by atoms with van der Waals surface area (Å²) in [5.74, 6) is -0.363. The van der Waals surface area contributed by atoms with Gasteiger partial charge in [0, 0.05) is 60.9 Å². The third-order valence-corrected chi connectivity index (χ3v) is 2.02. The summed E-state index contributed by atoms with van der Waals surface area (Å²) in [4.78, 5) is 36.8. The molecule has 0 saturated heterocycles. The molecule has 0 aromatic carbocycles. The first-order valence-electron chi connectivity index (χ1n) is 8.45. The van der Waals surface area contributed by atoms with Crippen LogP contribution in [0.15, 0.2) is 43.8 Å². The molecular weight excluding hydrogens is 440 g/mol. The molecule has 0 saturated carbocycles. The molecule has 0 aliphatic heterocycles. The Morgan fingerprint density at radius 3 is 1.18 bits per heavy atom. The van der Waals surface area contributed by atoms with Crippen molar-refractivity contribution in [2.45, 2.75) is 28.7 Å². The van der Waals surface area contributed by atoms with Crippen molar-refractivity contribution in [1.82, 2.24) is 33.9 Å². The van der Waals surface area contributed by atoms with E-state index in [0.29, 0.717) is 0 Å². The van der Waals surface area contributed by atoms with Crippen LogP contribution in [0, 0.1) is 30.3 Å². The first-order chi connectivity index (χ1) is 14.5. The number of rotatable bonds is 1. The second kappa shape index (κ2) is 25.8. The van der Waals surface area contributed by atoms with Gasteiger partial charge < -0.3 is 19.2 Å². The first kappa shape index (κ1) is 39.3. The molecule has 3 rings (SSSR count). The third kappa shape index (κ3) is 35.6. The summed E-state index contributed by atoms with van der Waals surface area (Å²) in [6, 6.07) is 0. The predicted octanol–water partition coefficient (Wildman–Crippen LogP) is 2.65. The third-order valence-electron chi connectivity index (χ3n) is 2.02. The number of aryl methyl sites for hydroxylation is 3. The Balaban J connectivity index is -0.0000000988. The van der Waals surface area contributed by atoms with Crippen LogP contribution in [0.2, 0.25) is 0 Å². The summed E-state index contributed by atoms with van der Waals surface area (Å²) in [7, 11) is 7.22. The van der Waals surface area contributed by atoms with E-state index in [0.717, 1.165) is 14.1 Å². The van der Waals surface area contributed by atoms with Crippen LogP contribution in [0.5, 0.6) is 0 Å². The largest absolute Gasteiger partial charge is 0.490 e. The van der Waals surface area contributed by atoms with Gasteiger partial charge in [-0.05, 0) is 4.92 Å². The minimum atomic E-state index is -0.639. The SMILES string of the molecule is C.C.CC.C[N+](=O)[O-].C[N+](=O)[O-].Cn1ccnc1.Cn1ccnc1.Cn1cnc([N+](=O)[O-])n1. The summed E-state index contributed by atoms with van der Waals surface area (Å²) in [5, 5.41) is 30.9. The van der Waals surface area contributed by atoms with Gasteiger partial charge in [-0.25, -0.2) is 9.97 Å². The molecule has 0 radical (unpaired) electrons. The van der Waals surface area contributed by atoms with Crippen LogP contribution in [0.3, 0.4) is 0 Å². The van der Waals surface area contributed by atoms with Gasteiger partial charge in [-0.2, -0.15) is 4.68 Å². The average molecular weight is 477 g/mol. The van der Waals surface area contributed by atoms with Gasteiger partial charge in [0.2, 0.25) is 6.33 Å². The second-order valence-corrected chi connectivity index (χ2v) is 4.81. The fraction of sp³-hybridized carbons (Fsp3) is 0.529. The van der Waals surface area contributed by atoms with Crippen LogP contribution in [0.1, 0.15) is 28.7 Å². The van der Waals surface area contributed by atoms with Crippen molar-refractivity contribution in [1.29, 1.82) is 0 Å². The fourth-order valence-corrected chi connectivity index (χ4v) is 1.06. The normalized spacial score (nSPS) is 7.48. The molecule has 16 nitrogen and oxygen atoms in total. The molecule has 3 heterocycles. The lowest BCUT2D eigenvalue weighted by Gasteiger charge is -1.81. The van der Waals surface area contributed by atoms with Gasteiger partial charge in [0.1, 0.15) is 0 Å². The molecule has 0 atom stereocenters. The monoisotopic (exact) mass is 476 g/mol. The Bertz CT molecular complexity index is 767. The van der Waals surface area contributed by atoms with Gasteiger partial charge in [0.25, 0.3) is 0 Å². The summed E-state index contributed by atoms with van der Waals surface area (Å²) in [5.41, 5.74) is 0. The van der Waals surface area contributed by atoms with E-state index in [4.69, 9.17) is 20.2 Å². The highest BCUT2D eigenvalue weighted by Crippen LogP contribution is 1.96. The number of nitrogens with zero attached hydrogens (tertiary/aromatic N) is 10. The maximum Gasteiger partial charge on any atom is 0.490 e. The van der Waals surface area contributed by atoms with Crippen LogP contribution in [-0.4, -0.2) is 62.7 Å². The van der Waals surface area contributed by atoms with Crippen LogP contribution >= 0.6 is 0 Å². The summed E-state index contributed by atoms with van der Waals surface area (Å²) in [6.45, 7) is 4.00. The molecule has 3 aromatic rings. The lowest BCUT2D eigenvalue weighted by molar-refractivity contribution is -0.445. The van der Waals surface area contributed by atoms with Gasteiger partial charge in [-0.1, -0.05) is 33.7 Å². The van der Waals surface area contributed by atoms with Crippen molar-refractivity contribution in [3.05, 3.63) is 74.1 Å². The van der Waals surface area contributed by atoms with Crippen molar-refractivity contribution < 1.29 is 14.8 Å². The van der Waals surface area contributed by atoms with E-state index in [1.165, 1.54) is 11.0 Å². The van der Waals surface area contributed by atoms with Gasteiger partial charge in [-0.3, -0.25) is 20.2 Å². The van der Waals surface area contributed by atoms with Crippen LogP contribution in [0.25, 0.3) is 0 Å². The summed E-state index contributed by atoms with van der Waals surface area (Å²) in [6.07, 6.45) is 12.1. The fourth-order valence-electron chi connectivity index (χ4n) is 1.06. The predicted molar refractivity (Wildman–Crippen MR) is 125 cm³/mol. The highest BCUT2D eigenvalue weighted by molar-refractivity contribution is 4.96. The number of aromatic nitrogens is 7. The lowest BCUT2D eigenvalue weighted by atomic mass is 10.9. The Hall–Kier alpha value is -4.24. The number of imidazole rings is 2. The van der Waals surface area contributed by atoms with Crippen LogP contribution < -0.4 is 0 Å². The number of nitro groups is 3. The van der Waals surface area contributed by atoms with Gasteiger partial charge in [0.05, 0.1) is 12.7 Å². The Morgan fingerprint density at radius 2 is 1.09 bits per heavy atom. The maximum absolute atomic E-state index is 9.88. The van der Waals surface area contributed by atoms with Gasteiger partial charge in [-0.15, -0.1) is 0 Å². The molecule has 0 fully saturated rings. The maximum atomic E-state index is 9.88. The van der Waals surface area contributed by atoms with Crippen LogP contribution in [-0.2, 0) is 21.1 Å². The van der Waals surface area contributed by atoms with Crippen molar-refractivity contribution in [3.8, 4) is 0 Å². The molecule has 0 aliphatic carbocycles. The van der Waals surface area contributed by atoms with E-state index in [9.17, 15) is 10.1 Å². The summed E-state index contributed by atoms with van der Waals surface area (Å²) < 4.78 is 5.05. The second-order valence-electron chi connectivity index (χ2n) is 4.81. The van der Waals surface area contributed by atoms with Crippen molar-refractivity contribution in [2.24, 2.45) is 21.1 Å². The Morgan fingerprint density at radius 1 is 0.758 bits per heavy atom. The van der Waals surface area contributed by atoms with Crippen molar-refractivity contribution in [2.75, 3.05) is 14.1 Å². The van der Waals surface area contributed by atoms with Crippen molar-refractivity contribution >= 4 is 5.95 Å². The molecule has 0 aliphatic rings. The summed E-state index contributed by atoms with van der Waals surface area (Å²) >= 11 is 0. The standard InChI is InChI=1S/2C4H6N2.C3H4N4O2.C2H6.2CH3NO2.2CH4/c2*1-6-3-2-5-4-6;1-6-2-4-3(5-6)7(8)9;1-2;2*1-2(3)4;;/h2*2-4H,1H3;2H,1H3;1-2H3;2*1H3;2*1H4. The van der Waals surface area contributed by atoms with Gasteiger partial charge >= 0.3 is 5.95 Å². The minimum Gasteiger partial charge on any atom is -0.390 e. The molecule has 0 N–H and O–H groups in total. The van der Waals surface area contributed by atoms with Crippen molar-refractivity contribution in [3.63, 3.8) is 0 Å². The number of hydrogen-bond acceptors (Lipinski definition) is 10.